The van der Waals surface area contributed by atoms with Gasteiger partial charge >= 0.3 is 0 Å². The van der Waals surface area contributed by atoms with E-state index in [1.54, 1.807) is 4.90 Å². The number of rotatable bonds is 5. The second-order valence-corrected chi connectivity index (χ2v) is 3.18. The van der Waals surface area contributed by atoms with E-state index in [4.69, 9.17) is 11.6 Å². The van der Waals surface area contributed by atoms with Crippen LogP contribution in [0.3, 0.4) is 0 Å². The van der Waals surface area contributed by atoms with Gasteiger partial charge in [0.1, 0.15) is 5.88 Å². The lowest BCUT2D eigenvalue weighted by Gasteiger charge is -2.21. The summed E-state index contributed by atoms with van der Waals surface area (Å²) in [4.78, 5) is 14.9. The zero-order valence-electron chi connectivity index (χ0n) is 8.01. The van der Waals surface area contributed by atoms with Gasteiger partial charge in [0.25, 0.3) is 0 Å². The summed E-state index contributed by atoms with van der Waals surface area (Å²) < 4.78 is 0. The number of hydrogen-bond acceptors (Lipinski definition) is 2. The second kappa shape index (κ2) is 6.26. The van der Waals surface area contributed by atoms with Gasteiger partial charge in [-0.2, -0.15) is 0 Å². The van der Waals surface area contributed by atoms with Gasteiger partial charge in [-0.25, -0.2) is 0 Å². The number of amides is 1. The molecule has 0 aromatic heterocycles. The summed E-state index contributed by atoms with van der Waals surface area (Å²) in [6.07, 6.45) is 0. The molecule has 12 heavy (non-hydrogen) atoms. The van der Waals surface area contributed by atoms with Crippen molar-refractivity contribution in [2.75, 3.05) is 39.6 Å². The minimum absolute atomic E-state index is 0.0148. The van der Waals surface area contributed by atoms with Crippen LogP contribution in [0.4, 0.5) is 0 Å². The number of likely N-dealkylation sites (N-methyl/N-ethyl adjacent to an activating group) is 2. The number of alkyl halides is 1. The smallest absolute Gasteiger partial charge is 0.237 e. The van der Waals surface area contributed by atoms with Gasteiger partial charge < -0.3 is 9.80 Å². The monoisotopic (exact) mass is 192 g/mol. The SMILES string of the molecule is CCN(CCN(C)C)C(=O)CCl. The van der Waals surface area contributed by atoms with E-state index in [2.05, 4.69) is 0 Å². The Morgan fingerprint density at radius 3 is 2.25 bits per heavy atom. The van der Waals surface area contributed by atoms with E-state index in [1.165, 1.54) is 0 Å². The Kier molecular flexibility index (Phi) is 6.11. The normalized spacial score (nSPS) is 10.4. The van der Waals surface area contributed by atoms with Gasteiger partial charge in [0.05, 0.1) is 0 Å². The Morgan fingerprint density at radius 2 is 1.92 bits per heavy atom. The van der Waals surface area contributed by atoms with E-state index in [1.807, 2.05) is 25.9 Å². The molecule has 0 spiro atoms. The van der Waals surface area contributed by atoms with Crippen molar-refractivity contribution in [2.45, 2.75) is 6.92 Å². The van der Waals surface area contributed by atoms with Crippen LogP contribution in [-0.4, -0.2) is 55.3 Å². The van der Waals surface area contributed by atoms with Crippen LogP contribution in [0, 0.1) is 0 Å². The third kappa shape index (κ3) is 4.57. The van der Waals surface area contributed by atoms with Crippen molar-refractivity contribution in [3.63, 3.8) is 0 Å². The number of carbonyl (C=O) groups excluding carboxylic acids is 1. The molecule has 0 heterocycles. The molecule has 0 bridgehead atoms. The highest BCUT2D eigenvalue weighted by atomic mass is 35.5. The van der Waals surface area contributed by atoms with E-state index >= 15 is 0 Å². The van der Waals surface area contributed by atoms with Gasteiger partial charge in [-0.3, -0.25) is 4.79 Å². The van der Waals surface area contributed by atoms with Gasteiger partial charge in [-0.15, -0.1) is 11.6 Å². The van der Waals surface area contributed by atoms with E-state index in [0.29, 0.717) is 0 Å². The van der Waals surface area contributed by atoms with Crippen molar-refractivity contribution in [1.82, 2.24) is 9.80 Å². The van der Waals surface area contributed by atoms with Gasteiger partial charge in [0.2, 0.25) is 5.91 Å². The molecule has 0 aliphatic rings. The van der Waals surface area contributed by atoms with Crippen LogP contribution in [0.2, 0.25) is 0 Å². The maximum atomic E-state index is 11.1. The molecule has 72 valence electrons. The van der Waals surface area contributed by atoms with Crippen molar-refractivity contribution >= 4 is 17.5 Å². The molecule has 0 saturated heterocycles. The van der Waals surface area contributed by atoms with Crippen LogP contribution in [-0.2, 0) is 4.79 Å². The van der Waals surface area contributed by atoms with Crippen molar-refractivity contribution in [3.05, 3.63) is 0 Å². The van der Waals surface area contributed by atoms with Crippen LogP contribution in [0.1, 0.15) is 6.92 Å². The molecule has 0 N–H and O–H groups in total. The van der Waals surface area contributed by atoms with E-state index in [9.17, 15) is 4.79 Å². The van der Waals surface area contributed by atoms with Crippen molar-refractivity contribution in [1.29, 1.82) is 0 Å². The largest absolute Gasteiger partial charge is 0.341 e. The van der Waals surface area contributed by atoms with Gasteiger partial charge in [0, 0.05) is 19.6 Å². The molecule has 0 unspecified atom stereocenters. The first-order valence-corrected chi connectivity index (χ1v) is 4.63. The average molecular weight is 193 g/mol. The Labute approximate surface area is 79.3 Å². The van der Waals surface area contributed by atoms with E-state index in [0.717, 1.165) is 19.6 Å². The fraction of sp³-hybridized carbons (Fsp3) is 0.875. The molecular formula is C8H17ClN2O. The van der Waals surface area contributed by atoms with Crippen molar-refractivity contribution in [2.24, 2.45) is 0 Å². The van der Waals surface area contributed by atoms with Gasteiger partial charge in [0.15, 0.2) is 0 Å². The van der Waals surface area contributed by atoms with E-state index < -0.39 is 0 Å². The highest BCUT2D eigenvalue weighted by Crippen LogP contribution is 1.92. The molecule has 3 nitrogen and oxygen atoms in total. The third-order valence-electron chi connectivity index (χ3n) is 1.67. The molecule has 0 aliphatic carbocycles. The lowest BCUT2D eigenvalue weighted by Crippen LogP contribution is -2.37. The zero-order valence-corrected chi connectivity index (χ0v) is 8.76. The lowest BCUT2D eigenvalue weighted by molar-refractivity contribution is -0.128. The molecule has 4 heteroatoms. The Hall–Kier alpha value is -0.280. The summed E-state index contributed by atoms with van der Waals surface area (Å²) in [6.45, 7) is 4.34. The molecule has 0 atom stereocenters. The fourth-order valence-electron chi connectivity index (χ4n) is 0.864. The van der Waals surface area contributed by atoms with Crippen LogP contribution in [0.15, 0.2) is 0 Å². The average Bonchev–Trinajstić information content (AvgIpc) is 2.04. The van der Waals surface area contributed by atoms with Gasteiger partial charge in [-0.1, -0.05) is 0 Å². The van der Waals surface area contributed by atoms with Crippen LogP contribution in [0.5, 0.6) is 0 Å². The summed E-state index contributed by atoms with van der Waals surface area (Å²) in [7, 11) is 3.97. The molecule has 0 aromatic carbocycles. The number of carbonyl (C=O) groups is 1. The standard InChI is InChI=1S/C8H17ClN2O/c1-4-11(8(12)7-9)6-5-10(2)3/h4-7H2,1-3H3. The molecule has 0 fully saturated rings. The molecule has 0 aromatic rings. The zero-order chi connectivity index (χ0) is 9.56. The predicted molar refractivity (Wildman–Crippen MR) is 51.5 cm³/mol. The maximum absolute atomic E-state index is 11.1. The summed E-state index contributed by atoms with van der Waals surface area (Å²) in [5, 5.41) is 0. The minimum Gasteiger partial charge on any atom is -0.341 e. The number of hydrogen-bond donors (Lipinski definition) is 0. The predicted octanol–water partition coefficient (Wildman–Crippen LogP) is 0.635. The highest BCUT2D eigenvalue weighted by Gasteiger charge is 2.08. The Balaban J connectivity index is 3.75. The van der Waals surface area contributed by atoms with Crippen LogP contribution in [0.25, 0.3) is 0 Å². The molecule has 1 amide bonds. The molecule has 0 radical (unpaired) electrons. The van der Waals surface area contributed by atoms with Gasteiger partial charge in [-0.05, 0) is 21.0 Å². The van der Waals surface area contributed by atoms with Crippen molar-refractivity contribution in [3.8, 4) is 0 Å². The minimum atomic E-state index is 0.0148. The number of nitrogens with zero attached hydrogens (tertiary/aromatic N) is 2. The summed E-state index contributed by atoms with van der Waals surface area (Å²) in [5.41, 5.74) is 0. The second-order valence-electron chi connectivity index (χ2n) is 2.91. The Bertz CT molecular complexity index is 139. The van der Waals surface area contributed by atoms with Crippen LogP contribution < -0.4 is 0 Å². The maximum Gasteiger partial charge on any atom is 0.237 e. The summed E-state index contributed by atoms with van der Waals surface area (Å²) in [5.74, 6) is 0.0994. The molecule has 0 aliphatic heterocycles. The molecular weight excluding hydrogens is 176 g/mol. The Morgan fingerprint density at radius 1 is 1.33 bits per heavy atom. The number of halogens is 1. The first kappa shape index (κ1) is 11.7. The van der Waals surface area contributed by atoms with E-state index in [-0.39, 0.29) is 11.8 Å². The summed E-state index contributed by atoms with van der Waals surface area (Å²) in [6, 6.07) is 0. The summed E-state index contributed by atoms with van der Waals surface area (Å²) >= 11 is 5.44. The molecule has 0 rings (SSSR count). The van der Waals surface area contributed by atoms with Crippen LogP contribution >= 0.6 is 11.6 Å². The lowest BCUT2D eigenvalue weighted by atomic mass is 10.4. The first-order valence-electron chi connectivity index (χ1n) is 4.10. The highest BCUT2D eigenvalue weighted by molar-refractivity contribution is 6.27. The first-order chi connectivity index (χ1) is 5.61. The molecule has 0 saturated carbocycles. The topological polar surface area (TPSA) is 23.6 Å². The van der Waals surface area contributed by atoms with Crippen molar-refractivity contribution < 1.29 is 4.79 Å². The quantitative estimate of drug-likeness (QED) is 0.597. The fourth-order valence-corrected chi connectivity index (χ4v) is 1.03. The third-order valence-corrected chi connectivity index (χ3v) is 1.89.